The maximum Gasteiger partial charge on any atom is 0.0463 e. The summed E-state index contributed by atoms with van der Waals surface area (Å²) in [6, 6.07) is 47.9. The van der Waals surface area contributed by atoms with Gasteiger partial charge in [0.15, 0.2) is 0 Å². The van der Waals surface area contributed by atoms with Gasteiger partial charge in [-0.3, -0.25) is 0 Å². The first-order valence-corrected chi connectivity index (χ1v) is 11.0. The van der Waals surface area contributed by atoms with E-state index in [9.17, 15) is 0 Å². The number of nitrogens with one attached hydrogen (secondary N) is 2. The quantitative estimate of drug-likeness (QED) is 0.272. The first-order valence-electron chi connectivity index (χ1n) is 11.0. The van der Waals surface area contributed by atoms with Crippen LogP contribution in [0.15, 0.2) is 140 Å². The Balaban J connectivity index is 1.32. The zero-order chi connectivity index (χ0) is 22.3. The van der Waals surface area contributed by atoms with Crippen LogP contribution in [-0.4, -0.2) is 0 Å². The molecule has 0 saturated heterocycles. The number of hydrogen-bond acceptors (Lipinski definition) is 3. The predicted molar refractivity (Wildman–Crippen MR) is 141 cm³/mol. The Hall–Kier alpha value is -4.50. The Kier molecular flexibility index (Phi) is 6.03. The van der Waals surface area contributed by atoms with Gasteiger partial charge < -0.3 is 15.5 Å². The van der Waals surface area contributed by atoms with Gasteiger partial charge >= 0.3 is 0 Å². The number of benzene rings is 5. The number of anilines is 7. The van der Waals surface area contributed by atoms with E-state index in [-0.39, 0.29) is 0 Å². The second kappa shape index (κ2) is 9.75. The van der Waals surface area contributed by atoms with Crippen molar-refractivity contribution < 1.29 is 0 Å². The van der Waals surface area contributed by atoms with E-state index in [1.807, 2.05) is 30.3 Å². The molecule has 0 aliphatic heterocycles. The summed E-state index contributed by atoms with van der Waals surface area (Å²) in [7, 11) is 0. The van der Waals surface area contributed by atoms with E-state index in [1.54, 1.807) is 0 Å². The van der Waals surface area contributed by atoms with E-state index in [0.29, 0.717) is 0 Å². The fourth-order valence-electron chi connectivity index (χ4n) is 3.79. The minimum atomic E-state index is 1.04. The molecule has 0 radical (unpaired) electrons. The average molecular weight is 428 g/mol. The van der Waals surface area contributed by atoms with Gasteiger partial charge in [-0.05, 0) is 84.9 Å². The number of nitrogens with zero attached hydrogens (tertiary/aromatic N) is 1. The molecule has 0 amide bonds. The van der Waals surface area contributed by atoms with E-state index in [4.69, 9.17) is 0 Å². The molecule has 0 atom stereocenters. The Morgan fingerprint density at radius 1 is 0.303 bits per heavy atom. The van der Waals surface area contributed by atoms with Gasteiger partial charge in [0, 0.05) is 39.8 Å². The smallest absolute Gasteiger partial charge is 0.0463 e. The van der Waals surface area contributed by atoms with Crippen molar-refractivity contribution in [2.45, 2.75) is 0 Å². The third kappa shape index (κ3) is 5.05. The summed E-state index contributed by atoms with van der Waals surface area (Å²) in [5, 5.41) is 6.91. The minimum absolute atomic E-state index is 1.04. The third-order valence-corrected chi connectivity index (χ3v) is 5.39. The predicted octanol–water partition coefficient (Wildman–Crippen LogP) is 8.64. The third-order valence-electron chi connectivity index (χ3n) is 5.39. The maximum atomic E-state index is 3.49. The van der Waals surface area contributed by atoms with Crippen molar-refractivity contribution >= 4 is 39.8 Å². The number of para-hydroxylation sites is 3. The topological polar surface area (TPSA) is 27.3 Å². The normalized spacial score (nSPS) is 10.4. The van der Waals surface area contributed by atoms with Crippen LogP contribution in [0.4, 0.5) is 39.8 Å². The molecule has 5 aromatic rings. The number of rotatable bonds is 7. The molecular formula is C30H25N3. The summed E-state index contributed by atoms with van der Waals surface area (Å²) in [5.74, 6) is 0. The molecule has 0 aliphatic rings. The highest BCUT2D eigenvalue weighted by Gasteiger charge is 2.11. The van der Waals surface area contributed by atoms with Crippen molar-refractivity contribution in [1.29, 1.82) is 0 Å². The molecule has 160 valence electrons. The fourth-order valence-corrected chi connectivity index (χ4v) is 3.79. The second-order valence-corrected chi connectivity index (χ2v) is 7.75. The van der Waals surface area contributed by atoms with Gasteiger partial charge in [-0.25, -0.2) is 0 Å². The van der Waals surface area contributed by atoms with Crippen LogP contribution in [0.3, 0.4) is 0 Å². The Labute approximate surface area is 195 Å². The lowest BCUT2D eigenvalue weighted by molar-refractivity contribution is 1.28. The van der Waals surface area contributed by atoms with Gasteiger partial charge in [-0.2, -0.15) is 0 Å². The molecule has 0 fully saturated rings. The number of hydrogen-bond donors (Lipinski definition) is 2. The van der Waals surface area contributed by atoms with E-state index >= 15 is 0 Å². The van der Waals surface area contributed by atoms with Crippen LogP contribution in [0.2, 0.25) is 0 Å². The molecule has 0 bridgehead atoms. The van der Waals surface area contributed by atoms with E-state index in [2.05, 4.69) is 125 Å². The van der Waals surface area contributed by atoms with Crippen molar-refractivity contribution in [3.63, 3.8) is 0 Å². The molecule has 0 saturated carbocycles. The Morgan fingerprint density at radius 2 is 0.606 bits per heavy atom. The van der Waals surface area contributed by atoms with Crippen LogP contribution < -0.4 is 15.5 Å². The largest absolute Gasteiger partial charge is 0.356 e. The van der Waals surface area contributed by atoms with E-state index in [1.165, 1.54) is 0 Å². The lowest BCUT2D eigenvalue weighted by Gasteiger charge is -2.25. The van der Waals surface area contributed by atoms with Crippen LogP contribution in [0.1, 0.15) is 0 Å². The molecule has 5 aromatic carbocycles. The van der Waals surface area contributed by atoms with Gasteiger partial charge in [0.25, 0.3) is 0 Å². The summed E-state index contributed by atoms with van der Waals surface area (Å²) in [6.07, 6.45) is 0. The summed E-state index contributed by atoms with van der Waals surface area (Å²) in [4.78, 5) is 2.26. The summed E-state index contributed by atoms with van der Waals surface area (Å²) < 4.78 is 0. The monoisotopic (exact) mass is 427 g/mol. The highest BCUT2D eigenvalue weighted by atomic mass is 15.1. The molecule has 0 aliphatic carbocycles. The van der Waals surface area contributed by atoms with Crippen LogP contribution in [-0.2, 0) is 0 Å². The summed E-state index contributed by atoms with van der Waals surface area (Å²) >= 11 is 0. The molecule has 5 rings (SSSR count). The van der Waals surface area contributed by atoms with Crippen LogP contribution in [0.5, 0.6) is 0 Å². The standard InChI is InChI=1S/C30H25N3/c1-4-10-24(11-5-1)31-25-16-18-26(19-17-25)32-27-20-22-30(23-21-27)33(28-12-6-2-7-13-28)29-14-8-3-9-15-29/h1-23,31-32H. The fraction of sp³-hybridized carbons (Fsp3) is 0. The molecule has 0 spiro atoms. The lowest BCUT2D eigenvalue weighted by atomic mass is 10.2. The Bertz CT molecular complexity index is 1230. The van der Waals surface area contributed by atoms with Gasteiger partial charge in [-0.1, -0.05) is 54.6 Å². The van der Waals surface area contributed by atoms with Gasteiger partial charge in [0.2, 0.25) is 0 Å². The van der Waals surface area contributed by atoms with Gasteiger partial charge in [0.1, 0.15) is 0 Å². The van der Waals surface area contributed by atoms with Crippen LogP contribution in [0, 0.1) is 0 Å². The first-order chi connectivity index (χ1) is 16.3. The molecule has 3 heteroatoms. The van der Waals surface area contributed by atoms with E-state index in [0.717, 1.165) is 39.8 Å². The minimum Gasteiger partial charge on any atom is -0.356 e. The average Bonchev–Trinajstić information content (AvgIpc) is 2.88. The van der Waals surface area contributed by atoms with Crippen LogP contribution in [0.25, 0.3) is 0 Å². The van der Waals surface area contributed by atoms with Crippen molar-refractivity contribution in [2.24, 2.45) is 0 Å². The van der Waals surface area contributed by atoms with E-state index < -0.39 is 0 Å². The van der Waals surface area contributed by atoms with Gasteiger partial charge in [-0.15, -0.1) is 0 Å². The zero-order valence-corrected chi connectivity index (χ0v) is 18.2. The molecule has 3 nitrogen and oxygen atoms in total. The Morgan fingerprint density at radius 3 is 1.03 bits per heavy atom. The molecule has 0 heterocycles. The van der Waals surface area contributed by atoms with Crippen molar-refractivity contribution in [3.05, 3.63) is 140 Å². The molecule has 2 N–H and O–H groups in total. The molecular weight excluding hydrogens is 402 g/mol. The summed E-state index contributed by atoms with van der Waals surface area (Å²) in [6.45, 7) is 0. The first kappa shape index (κ1) is 20.4. The second-order valence-electron chi connectivity index (χ2n) is 7.75. The van der Waals surface area contributed by atoms with Crippen molar-refractivity contribution in [3.8, 4) is 0 Å². The molecule has 0 aromatic heterocycles. The molecule has 0 unspecified atom stereocenters. The maximum absolute atomic E-state index is 3.49. The lowest BCUT2D eigenvalue weighted by Crippen LogP contribution is -2.09. The van der Waals surface area contributed by atoms with Crippen LogP contribution >= 0.6 is 0 Å². The highest BCUT2D eigenvalue weighted by Crippen LogP contribution is 2.35. The highest BCUT2D eigenvalue weighted by molar-refractivity contribution is 5.77. The zero-order valence-electron chi connectivity index (χ0n) is 18.2. The SMILES string of the molecule is c1ccc(Nc2ccc(Nc3ccc(N(c4ccccc4)c4ccccc4)cc3)cc2)cc1. The van der Waals surface area contributed by atoms with Crippen molar-refractivity contribution in [1.82, 2.24) is 0 Å². The van der Waals surface area contributed by atoms with Crippen molar-refractivity contribution in [2.75, 3.05) is 15.5 Å². The molecule has 33 heavy (non-hydrogen) atoms. The summed E-state index contributed by atoms with van der Waals surface area (Å²) in [5.41, 5.74) is 7.60. The van der Waals surface area contributed by atoms with Gasteiger partial charge in [0.05, 0.1) is 0 Å².